The molecule has 1 amide bonds. The molecule has 14 heavy (non-hydrogen) atoms. The summed E-state index contributed by atoms with van der Waals surface area (Å²) >= 11 is 0. The molecule has 1 unspecified atom stereocenters. The molecule has 78 valence electrons. The molecule has 1 N–H and O–H groups in total. The first-order chi connectivity index (χ1) is 6.79. The Morgan fingerprint density at radius 3 is 3.00 bits per heavy atom. The third-order valence-corrected chi connectivity index (χ3v) is 2.62. The Labute approximate surface area is 85.9 Å². The van der Waals surface area contributed by atoms with Crippen LogP contribution >= 0.6 is 0 Å². The predicted molar refractivity (Wildman–Crippen MR) is 56.7 cm³/mol. The lowest BCUT2D eigenvalue weighted by atomic mass is 10.2. The van der Waals surface area contributed by atoms with E-state index in [0.717, 1.165) is 26.1 Å². The van der Waals surface area contributed by atoms with Gasteiger partial charge in [-0.2, -0.15) is 0 Å². The minimum Gasteiger partial charge on any atom is -0.339 e. The fourth-order valence-electron chi connectivity index (χ4n) is 1.87. The van der Waals surface area contributed by atoms with Crippen molar-refractivity contribution in [2.24, 2.45) is 0 Å². The number of nitrogens with one attached hydrogen (secondary N) is 1. The lowest BCUT2D eigenvalue weighted by Gasteiger charge is -2.26. The molecule has 3 nitrogen and oxygen atoms in total. The average Bonchev–Trinajstić information content (AvgIpc) is 2.69. The highest BCUT2D eigenvalue weighted by Gasteiger charge is 2.24. The second-order valence-corrected chi connectivity index (χ2v) is 3.53. The summed E-state index contributed by atoms with van der Waals surface area (Å²) < 4.78 is 0. The van der Waals surface area contributed by atoms with Crippen molar-refractivity contribution in [3.8, 4) is 12.3 Å². The van der Waals surface area contributed by atoms with Gasteiger partial charge < -0.3 is 10.2 Å². The van der Waals surface area contributed by atoms with Crippen LogP contribution in [0.4, 0.5) is 0 Å². The van der Waals surface area contributed by atoms with Gasteiger partial charge in [0, 0.05) is 32.0 Å². The molecule has 0 aromatic carbocycles. The van der Waals surface area contributed by atoms with Gasteiger partial charge in [0.25, 0.3) is 0 Å². The van der Waals surface area contributed by atoms with Crippen LogP contribution in [0.2, 0.25) is 0 Å². The van der Waals surface area contributed by atoms with E-state index in [9.17, 15) is 4.79 Å². The van der Waals surface area contributed by atoms with E-state index in [1.54, 1.807) is 0 Å². The smallest absolute Gasteiger partial charge is 0.223 e. The van der Waals surface area contributed by atoms with Gasteiger partial charge in [0.1, 0.15) is 0 Å². The molecular formula is C11H18N2O. The number of carbonyl (C=O) groups excluding carboxylic acids is 1. The number of rotatable bonds is 4. The third kappa shape index (κ3) is 2.74. The number of carbonyl (C=O) groups is 1. The molecular weight excluding hydrogens is 176 g/mol. The monoisotopic (exact) mass is 194 g/mol. The molecule has 3 heteroatoms. The molecule has 1 rings (SSSR count). The Morgan fingerprint density at radius 2 is 2.50 bits per heavy atom. The molecule has 0 radical (unpaired) electrons. The van der Waals surface area contributed by atoms with Gasteiger partial charge in [0.05, 0.1) is 0 Å². The first-order valence-corrected chi connectivity index (χ1v) is 5.23. The highest BCUT2D eigenvalue weighted by atomic mass is 16.2. The van der Waals surface area contributed by atoms with Gasteiger partial charge in [0.15, 0.2) is 0 Å². The van der Waals surface area contributed by atoms with Gasteiger partial charge in [-0.15, -0.1) is 12.3 Å². The Morgan fingerprint density at radius 1 is 1.71 bits per heavy atom. The number of likely N-dealkylation sites (N-methyl/N-ethyl adjacent to an activating group) is 1. The van der Waals surface area contributed by atoms with Crippen molar-refractivity contribution >= 4 is 5.91 Å². The summed E-state index contributed by atoms with van der Waals surface area (Å²) in [7, 11) is 0. The van der Waals surface area contributed by atoms with Crippen LogP contribution < -0.4 is 5.32 Å². The van der Waals surface area contributed by atoms with E-state index in [0.29, 0.717) is 18.9 Å². The van der Waals surface area contributed by atoms with Crippen molar-refractivity contribution in [2.45, 2.75) is 32.2 Å². The third-order valence-electron chi connectivity index (χ3n) is 2.62. The van der Waals surface area contributed by atoms with Crippen molar-refractivity contribution in [1.29, 1.82) is 0 Å². The highest BCUT2D eigenvalue weighted by molar-refractivity contribution is 5.76. The average molecular weight is 194 g/mol. The first kappa shape index (κ1) is 11.1. The molecule has 0 aliphatic carbocycles. The Hall–Kier alpha value is -1.01. The predicted octanol–water partition coefficient (Wildman–Crippen LogP) is 0.610. The molecule has 0 spiro atoms. The number of amides is 1. The number of hydrogen-bond acceptors (Lipinski definition) is 2. The molecule has 1 atom stereocenters. The zero-order valence-electron chi connectivity index (χ0n) is 8.75. The van der Waals surface area contributed by atoms with Crippen molar-refractivity contribution < 1.29 is 4.79 Å². The van der Waals surface area contributed by atoms with E-state index in [1.165, 1.54) is 0 Å². The van der Waals surface area contributed by atoms with Gasteiger partial charge in [0.2, 0.25) is 5.91 Å². The Bertz CT molecular complexity index is 226. The van der Waals surface area contributed by atoms with Crippen LogP contribution in [0.25, 0.3) is 0 Å². The summed E-state index contributed by atoms with van der Waals surface area (Å²) in [5.41, 5.74) is 0. The van der Waals surface area contributed by atoms with Gasteiger partial charge in [-0.3, -0.25) is 4.79 Å². The van der Waals surface area contributed by atoms with Crippen LogP contribution in [0.5, 0.6) is 0 Å². The zero-order chi connectivity index (χ0) is 10.4. The van der Waals surface area contributed by atoms with Gasteiger partial charge >= 0.3 is 0 Å². The minimum absolute atomic E-state index is 0.194. The van der Waals surface area contributed by atoms with Crippen molar-refractivity contribution in [3.63, 3.8) is 0 Å². The highest BCUT2D eigenvalue weighted by Crippen LogP contribution is 2.10. The summed E-state index contributed by atoms with van der Waals surface area (Å²) in [6.45, 7) is 4.75. The van der Waals surface area contributed by atoms with E-state index in [-0.39, 0.29) is 5.91 Å². The molecule has 0 aromatic rings. The summed E-state index contributed by atoms with van der Waals surface area (Å²) in [6, 6.07) is 0.380. The van der Waals surface area contributed by atoms with Crippen molar-refractivity contribution in [2.75, 3.05) is 19.6 Å². The summed E-state index contributed by atoms with van der Waals surface area (Å²) in [4.78, 5) is 13.7. The normalized spacial score (nSPS) is 20.4. The molecule has 0 bridgehead atoms. The quantitative estimate of drug-likeness (QED) is 0.665. The fraction of sp³-hybridized carbons (Fsp3) is 0.727. The standard InChI is InChI=1S/C11H18N2O/c1-3-5-6-11(14)13(4-2)10-7-8-12-9-10/h1,10,12H,4-9H2,2H3. The molecule has 1 fully saturated rings. The maximum absolute atomic E-state index is 11.7. The Kier molecular flexibility index (Phi) is 4.48. The van der Waals surface area contributed by atoms with Gasteiger partial charge in [-0.05, 0) is 19.9 Å². The molecule has 1 heterocycles. The van der Waals surface area contributed by atoms with Gasteiger partial charge in [-0.25, -0.2) is 0 Å². The van der Waals surface area contributed by atoms with E-state index in [1.807, 2.05) is 11.8 Å². The largest absolute Gasteiger partial charge is 0.339 e. The zero-order valence-corrected chi connectivity index (χ0v) is 8.75. The van der Waals surface area contributed by atoms with Crippen LogP contribution in [0.3, 0.4) is 0 Å². The van der Waals surface area contributed by atoms with E-state index >= 15 is 0 Å². The van der Waals surface area contributed by atoms with Crippen LogP contribution in [0, 0.1) is 12.3 Å². The SMILES string of the molecule is C#CCCC(=O)N(CC)C1CCNC1. The van der Waals surface area contributed by atoms with Crippen molar-refractivity contribution in [3.05, 3.63) is 0 Å². The first-order valence-electron chi connectivity index (χ1n) is 5.23. The number of hydrogen-bond donors (Lipinski definition) is 1. The molecule has 1 saturated heterocycles. The van der Waals surface area contributed by atoms with Crippen LogP contribution in [0.1, 0.15) is 26.2 Å². The molecule has 1 aliphatic rings. The number of nitrogens with zero attached hydrogens (tertiary/aromatic N) is 1. The van der Waals surface area contributed by atoms with Crippen molar-refractivity contribution in [1.82, 2.24) is 10.2 Å². The molecule has 0 saturated carbocycles. The summed E-state index contributed by atoms with van der Waals surface area (Å²) in [6.07, 6.45) is 7.24. The summed E-state index contributed by atoms with van der Waals surface area (Å²) in [5, 5.41) is 3.26. The molecule has 1 aliphatic heterocycles. The second-order valence-electron chi connectivity index (χ2n) is 3.53. The summed E-state index contributed by atoms with van der Waals surface area (Å²) in [5.74, 6) is 2.70. The lowest BCUT2D eigenvalue weighted by Crippen LogP contribution is -2.41. The topological polar surface area (TPSA) is 32.3 Å². The van der Waals surface area contributed by atoms with Gasteiger partial charge in [-0.1, -0.05) is 0 Å². The molecule has 0 aromatic heterocycles. The van der Waals surface area contributed by atoms with E-state index in [2.05, 4.69) is 11.2 Å². The van der Waals surface area contributed by atoms with Crippen LogP contribution in [0.15, 0.2) is 0 Å². The van der Waals surface area contributed by atoms with Crippen LogP contribution in [-0.4, -0.2) is 36.5 Å². The maximum Gasteiger partial charge on any atom is 0.223 e. The van der Waals surface area contributed by atoms with E-state index in [4.69, 9.17) is 6.42 Å². The lowest BCUT2D eigenvalue weighted by molar-refractivity contribution is -0.132. The maximum atomic E-state index is 11.7. The second kappa shape index (κ2) is 5.66. The Balaban J connectivity index is 2.44. The van der Waals surface area contributed by atoms with E-state index < -0.39 is 0 Å². The minimum atomic E-state index is 0.194. The fourth-order valence-corrected chi connectivity index (χ4v) is 1.87. The van der Waals surface area contributed by atoms with Crippen LogP contribution in [-0.2, 0) is 4.79 Å². The number of terminal acetylenes is 1.